The summed E-state index contributed by atoms with van der Waals surface area (Å²) in [6.45, 7) is 10.1. The van der Waals surface area contributed by atoms with Crippen LogP contribution in [0, 0.1) is 5.92 Å². The zero-order valence-electron chi connectivity index (χ0n) is 14.6. The minimum atomic E-state index is -0.846. The number of rotatable bonds is 7. The topological polar surface area (TPSA) is 27.7 Å². The predicted molar refractivity (Wildman–Crippen MR) is 88.8 cm³/mol. The van der Waals surface area contributed by atoms with Crippen molar-refractivity contribution in [2.75, 3.05) is 46.4 Å². The van der Waals surface area contributed by atoms with Gasteiger partial charge in [0.15, 0.2) is 0 Å². The average Bonchev–Trinajstić information content (AvgIpc) is 2.49. The number of ether oxygens (including phenoxy) is 1. The van der Waals surface area contributed by atoms with Crippen LogP contribution in [0.1, 0.15) is 39.5 Å². The number of nitrogens with one attached hydrogen (secondary N) is 1. The molecule has 0 aromatic carbocycles. The van der Waals surface area contributed by atoms with Gasteiger partial charge in [0.05, 0.1) is 12.2 Å². The fraction of sp³-hybridized carbons (Fsp3) is 1.00. The highest BCUT2D eigenvalue weighted by Gasteiger charge is 2.32. The smallest absolute Gasteiger partial charge is 0.139 e. The van der Waals surface area contributed by atoms with Gasteiger partial charge in [-0.05, 0) is 45.2 Å². The van der Waals surface area contributed by atoms with Crippen LogP contribution >= 0.6 is 0 Å². The molecule has 2 fully saturated rings. The molecule has 130 valence electrons. The summed E-state index contributed by atoms with van der Waals surface area (Å²) in [5.41, 5.74) is 0. The molecule has 0 saturated carbocycles. The Bertz CT molecular complexity index is 308. The lowest BCUT2D eigenvalue weighted by molar-refractivity contribution is -0.0990. The molecular formula is C17H34FN3O. The van der Waals surface area contributed by atoms with E-state index in [2.05, 4.69) is 29.0 Å². The Morgan fingerprint density at radius 3 is 2.41 bits per heavy atom. The van der Waals surface area contributed by atoms with Crippen LogP contribution in [-0.2, 0) is 4.74 Å². The van der Waals surface area contributed by atoms with E-state index in [4.69, 9.17) is 4.74 Å². The van der Waals surface area contributed by atoms with Gasteiger partial charge >= 0.3 is 0 Å². The molecular weight excluding hydrogens is 281 g/mol. The van der Waals surface area contributed by atoms with Crippen molar-refractivity contribution in [3.8, 4) is 0 Å². The third-order valence-electron chi connectivity index (χ3n) is 4.87. The van der Waals surface area contributed by atoms with Gasteiger partial charge in [-0.15, -0.1) is 0 Å². The molecule has 2 aliphatic rings. The zero-order valence-corrected chi connectivity index (χ0v) is 14.6. The molecule has 0 amide bonds. The van der Waals surface area contributed by atoms with Crippen LogP contribution in [0.3, 0.4) is 0 Å². The molecule has 4 nitrogen and oxygen atoms in total. The summed E-state index contributed by atoms with van der Waals surface area (Å²) in [6, 6.07) is 0. The first-order valence-corrected chi connectivity index (χ1v) is 8.97. The predicted octanol–water partition coefficient (Wildman–Crippen LogP) is 2.10. The first-order valence-electron chi connectivity index (χ1n) is 8.97. The summed E-state index contributed by atoms with van der Waals surface area (Å²) in [5.74, 6) is 0.768. The first-order chi connectivity index (χ1) is 10.6. The molecule has 0 spiro atoms. The number of nitrogens with zero attached hydrogens (tertiary/aromatic N) is 2. The van der Waals surface area contributed by atoms with E-state index in [9.17, 15) is 4.39 Å². The second-order valence-electron chi connectivity index (χ2n) is 7.29. The maximum Gasteiger partial charge on any atom is 0.139 e. The largest absolute Gasteiger partial charge is 0.372 e. The van der Waals surface area contributed by atoms with Crippen molar-refractivity contribution in [3.05, 3.63) is 0 Å². The van der Waals surface area contributed by atoms with Crippen LogP contribution in [0.2, 0.25) is 0 Å². The second kappa shape index (κ2) is 9.16. The Morgan fingerprint density at radius 1 is 1.14 bits per heavy atom. The number of likely N-dealkylation sites (tertiary alicyclic amines) is 2. The van der Waals surface area contributed by atoms with E-state index in [0.717, 1.165) is 51.5 Å². The molecule has 2 rings (SSSR count). The van der Waals surface area contributed by atoms with Gasteiger partial charge in [0.25, 0.3) is 0 Å². The van der Waals surface area contributed by atoms with E-state index < -0.39 is 6.17 Å². The van der Waals surface area contributed by atoms with Crippen LogP contribution in [0.25, 0.3) is 0 Å². The number of alkyl halides is 1. The standard InChI is InChI=1S/C17H34FN3O/c1-14(2)4-8-20-9-5-15(6-10-20)22-17-7-11-21(13-19-3)12-16(17)18/h14-17,19H,4-13H2,1-3H3. The number of hydrogen-bond acceptors (Lipinski definition) is 4. The van der Waals surface area contributed by atoms with Gasteiger partial charge in [-0.3, -0.25) is 4.90 Å². The van der Waals surface area contributed by atoms with E-state index in [1.165, 1.54) is 13.0 Å². The van der Waals surface area contributed by atoms with Gasteiger partial charge in [-0.1, -0.05) is 13.8 Å². The van der Waals surface area contributed by atoms with Crippen LogP contribution < -0.4 is 5.32 Å². The Labute approximate surface area is 135 Å². The first kappa shape index (κ1) is 18.1. The van der Waals surface area contributed by atoms with Crippen LogP contribution in [0.5, 0.6) is 0 Å². The molecule has 2 heterocycles. The molecule has 0 aromatic heterocycles. The third kappa shape index (κ3) is 5.76. The normalized spacial score (nSPS) is 29.3. The highest BCUT2D eigenvalue weighted by Crippen LogP contribution is 2.23. The van der Waals surface area contributed by atoms with Gasteiger partial charge in [-0.2, -0.15) is 0 Å². The molecule has 0 radical (unpaired) electrons. The van der Waals surface area contributed by atoms with Gasteiger partial charge in [0.2, 0.25) is 0 Å². The SMILES string of the molecule is CNCN1CCC(OC2CCN(CCC(C)C)CC2)C(F)C1. The molecule has 1 N–H and O–H groups in total. The lowest BCUT2D eigenvalue weighted by Gasteiger charge is -2.38. The van der Waals surface area contributed by atoms with E-state index in [0.29, 0.717) is 6.54 Å². The van der Waals surface area contributed by atoms with Crippen LogP contribution in [0.15, 0.2) is 0 Å². The van der Waals surface area contributed by atoms with Crippen molar-refractivity contribution < 1.29 is 9.13 Å². The summed E-state index contributed by atoms with van der Waals surface area (Å²) in [4.78, 5) is 4.65. The fourth-order valence-corrected chi connectivity index (χ4v) is 3.42. The van der Waals surface area contributed by atoms with E-state index >= 15 is 0 Å². The molecule has 2 saturated heterocycles. The Balaban J connectivity index is 1.66. The Hall–Kier alpha value is -0.230. The molecule has 2 unspecified atom stereocenters. The maximum atomic E-state index is 14.3. The monoisotopic (exact) mass is 315 g/mol. The van der Waals surface area contributed by atoms with Crippen molar-refractivity contribution in [3.63, 3.8) is 0 Å². The van der Waals surface area contributed by atoms with Crippen molar-refractivity contribution in [1.29, 1.82) is 0 Å². The molecule has 2 aliphatic heterocycles. The quantitative estimate of drug-likeness (QED) is 0.779. The van der Waals surface area contributed by atoms with E-state index in [1.54, 1.807) is 0 Å². The zero-order chi connectivity index (χ0) is 15.9. The molecule has 22 heavy (non-hydrogen) atoms. The van der Waals surface area contributed by atoms with Gasteiger partial charge in [0, 0.05) is 32.8 Å². The highest BCUT2D eigenvalue weighted by atomic mass is 19.1. The molecule has 0 aromatic rings. The minimum absolute atomic E-state index is 0.194. The number of hydrogen-bond donors (Lipinski definition) is 1. The summed E-state index contributed by atoms with van der Waals surface area (Å²) < 4.78 is 20.4. The summed E-state index contributed by atoms with van der Waals surface area (Å²) in [7, 11) is 1.91. The fourth-order valence-electron chi connectivity index (χ4n) is 3.42. The van der Waals surface area contributed by atoms with Crippen molar-refractivity contribution in [2.45, 2.75) is 57.9 Å². The molecule has 2 atom stereocenters. The molecule has 0 bridgehead atoms. The average molecular weight is 315 g/mol. The van der Waals surface area contributed by atoms with Crippen molar-refractivity contribution in [2.24, 2.45) is 5.92 Å². The number of halogens is 1. The minimum Gasteiger partial charge on any atom is -0.372 e. The lowest BCUT2D eigenvalue weighted by atomic mass is 10.0. The van der Waals surface area contributed by atoms with E-state index in [-0.39, 0.29) is 12.2 Å². The van der Waals surface area contributed by atoms with Crippen LogP contribution in [-0.4, -0.2) is 74.6 Å². The molecule has 0 aliphatic carbocycles. The summed E-state index contributed by atoms with van der Waals surface area (Å²) >= 11 is 0. The summed E-state index contributed by atoms with van der Waals surface area (Å²) in [6.07, 6.45) is 3.41. The van der Waals surface area contributed by atoms with Gasteiger partial charge < -0.3 is 15.0 Å². The van der Waals surface area contributed by atoms with Gasteiger partial charge in [-0.25, -0.2) is 4.39 Å². The molecule has 5 heteroatoms. The highest BCUT2D eigenvalue weighted by molar-refractivity contribution is 4.83. The van der Waals surface area contributed by atoms with Crippen molar-refractivity contribution in [1.82, 2.24) is 15.1 Å². The third-order valence-corrected chi connectivity index (χ3v) is 4.87. The Morgan fingerprint density at radius 2 is 1.82 bits per heavy atom. The maximum absolute atomic E-state index is 14.3. The summed E-state index contributed by atoms with van der Waals surface area (Å²) in [5, 5.41) is 3.09. The van der Waals surface area contributed by atoms with E-state index in [1.807, 2.05) is 7.05 Å². The van der Waals surface area contributed by atoms with Crippen LogP contribution in [0.4, 0.5) is 4.39 Å². The lowest BCUT2D eigenvalue weighted by Crippen LogP contribution is -2.50. The van der Waals surface area contributed by atoms with Crippen molar-refractivity contribution >= 4 is 0 Å². The Kier molecular flexibility index (Phi) is 7.54. The second-order valence-corrected chi connectivity index (χ2v) is 7.29. The van der Waals surface area contributed by atoms with Gasteiger partial charge in [0.1, 0.15) is 6.17 Å². The number of piperidine rings is 2.